The summed E-state index contributed by atoms with van der Waals surface area (Å²) in [5, 5.41) is 5.60. The van der Waals surface area contributed by atoms with Gasteiger partial charge in [0, 0.05) is 37.8 Å². The number of hydrogen-bond acceptors (Lipinski definition) is 3. The van der Waals surface area contributed by atoms with Crippen molar-refractivity contribution in [1.82, 2.24) is 5.32 Å². The zero-order valence-electron chi connectivity index (χ0n) is 14.6. The highest BCUT2D eigenvalue weighted by molar-refractivity contribution is 6.01. The molecule has 1 heterocycles. The van der Waals surface area contributed by atoms with Crippen LogP contribution in [-0.2, 0) is 20.9 Å². The third-order valence-electron chi connectivity index (χ3n) is 4.28. The van der Waals surface area contributed by atoms with Gasteiger partial charge in [-0.2, -0.15) is 0 Å². The summed E-state index contributed by atoms with van der Waals surface area (Å²) in [5.41, 5.74) is 2.32. The number of carbonyl (C=O) groups is 3. The molecular formula is C20H21N3O3. The number of carbonyl (C=O) groups excluding carboxylic acids is 3. The van der Waals surface area contributed by atoms with E-state index in [4.69, 9.17) is 0 Å². The van der Waals surface area contributed by atoms with Gasteiger partial charge in [0.15, 0.2) is 0 Å². The molecule has 6 nitrogen and oxygen atoms in total. The van der Waals surface area contributed by atoms with Crippen LogP contribution in [-0.4, -0.2) is 24.3 Å². The monoisotopic (exact) mass is 351 g/mol. The molecule has 3 rings (SSSR count). The predicted molar refractivity (Wildman–Crippen MR) is 99.5 cm³/mol. The Morgan fingerprint density at radius 2 is 1.88 bits per heavy atom. The summed E-state index contributed by atoms with van der Waals surface area (Å²) < 4.78 is 0. The molecule has 0 unspecified atom stereocenters. The summed E-state index contributed by atoms with van der Waals surface area (Å²) in [6, 6.07) is 16.7. The summed E-state index contributed by atoms with van der Waals surface area (Å²) in [6.45, 7) is 2.21. The minimum absolute atomic E-state index is 0.0927. The molecule has 0 spiro atoms. The molecule has 0 aromatic heterocycles. The predicted octanol–water partition coefficient (Wildman–Crippen LogP) is 2.31. The van der Waals surface area contributed by atoms with Gasteiger partial charge in [-0.1, -0.05) is 36.4 Å². The van der Waals surface area contributed by atoms with Crippen molar-refractivity contribution in [2.24, 2.45) is 5.92 Å². The van der Waals surface area contributed by atoms with E-state index in [9.17, 15) is 14.4 Å². The molecule has 0 aliphatic carbocycles. The minimum Gasteiger partial charge on any atom is -0.352 e. The van der Waals surface area contributed by atoms with Crippen LogP contribution in [0.1, 0.15) is 18.9 Å². The SMILES string of the molecule is CC(=O)Nc1cccc(N2C[C@H](C(=O)NCc3ccccc3)CC2=O)c1. The van der Waals surface area contributed by atoms with Gasteiger partial charge in [-0.25, -0.2) is 0 Å². The van der Waals surface area contributed by atoms with Crippen LogP contribution < -0.4 is 15.5 Å². The number of hydrogen-bond donors (Lipinski definition) is 2. The number of benzene rings is 2. The molecule has 2 aromatic rings. The fourth-order valence-corrected chi connectivity index (χ4v) is 3.02. The van der Waals surface area contributed by atoms with Crippen LogP contribution in [0, 0.1) is 5.92 Å². The second-order valence-electron chi connectivity index (χ2n) is 6.34. The molecule has 26 heavy (non-hydrogen) atoms. The van der Waals surface area contributed by atoms with Gasteiger partial charge in [0.25, 0.3) is 0 Å². The van der Waals surface area contributed by atoms with E-state index < -0.39 is 0 Å². The molecule has 2 aromatic carbocycles. The summed E-state index contributed by atoms with van der Waals surface area (Å²) in [5.74, 6) is -0.767. The molecule has 0 saturated carbocycles. The van der Waals surface area contributed by atoms with E-state index in [1.807, 2.05) is 30.3 Å². The zero-order valence-corrected chi connectivity index (χ0v) is 14.6. The second-order valence-corrected chi connectivity index (χ2v) is 6.34. The third kappa shape index (κ3) is 4.27. The zero-order chi connectivity index (χ0) is 18.5. The van der Waals surface area contributed by atoms with E-state index in [-0.39, 0.29) is 30.1 Å². The lowest BCUT2D eigenvalue weighted by Gasteiger charge is -2.18. The van der Waals surface area contributed by atoms with Crippen molar-refractivity contribution in [2.75, 3.05) is 16.8 Å². The minimum atomic E-state index is -0.379. The molecule has 0 radical (unpaired) electrons. The van der Waals surface area contributed by atoms with Gasteiger partial charge in [-0.15, -0.1) is 0 Å². The van der Waals surface area contributed by atoms with Crippen LogP contribution >= 0.6 is 0 Å². The maximum absolute atomic E-state index is 12.4. The Morgan fingerprint density at radius 3 is 2.62 bits per heavy atom. The van der Waals surface area contributed by atoms with Crippen LogP contribution in [0.15, 0.2) is 54.6 Å². The molecule has 2 N–H and O–H groups in total. The first kappa shape index (κ1) is 17.7. The molecule has 1 saturated heterocycles. The van der Waals surface area contributed by atoms with E-state index in [0.29, 0.717) is 24.5 Å². The molecule has 1 aliphatic heterocycles. The Bertz CT molecular complexity index is 820. The first-order chi connectivity index (χ1) is 12.5. The van der Waals surface area contributed by atoms with Crippen LogP contribution in [0.5, 0.6) is 0 Å². The van der Waals surface area contributed by atoms with Crippen molar-refractivity contribution in [3.63, 3.8) is 0 Å². The lowest BCUT2D eigenvalue weighted by atomic mass is 10.1. The van der Waals surface area contributed by atoms with Crippen molar-refractivity contribution in [1.29, 1.82) is 0 Å². The smallest absolute Gasteiger partial charge is 0.227 e. The van der Waals surface area contributed by atoms with Gasteiger partial charge >= 0.3 is 0 Å². The highest BCUT2D eigenvalue weighted by Crippen LogP contribution is 2.27. The number of anilines is 2. The maximum Gasteiger partial charge on any atom is 0.227 e. The van der Waals surface area contributed by atoms with Gasteiger partial charge < -0.3 is 15.5 Å². The molecule has 6 heteroatoms. The topological polar surface area (TPSA) is 78.5 Å². The Hall–Kier alpha value is -3.15. The standard InChI is InChI=1S/C20H21N3O3/c1-14(24)22-17-8-5-9-18(11-17)23-13-16(10-19(23)25)20(26)21-12-15-6-3-2-4-7-15/h2-9,11,16H,10,12-13H2,1H3,(H,21,26)(H,22,24)/t16-/m1/s1. The summed E-state index contributed by atoms with van der Waals surface area (Å²) in [4.78, 5) is 37.6. The normalized spacial score (nSPS) is 16.4. The molecule has 1 aliphatic rings. The number of rotatable bonds is 5. The quantitative estimate of drug-likeness (QED) is 0.868. The van der Waals surface area contributed by atoms with Crippen molar-refractivity contribution >= 4 is 29.1 Å². The average molecular weight is 351 g/mol. The Labute approximate surface area is 152 Å². The van der Waals surface area contributed by atoms with E-state index in [2.05, 4.69) is 10.6 Å². The maximum atomic E-state index is 12.4. The third-order valence-corrected chi connectivity index (χ3v) is 4.28. The largest absolute Gasteiger partial charge is 0.352 e. The number of nitrogens with zero attached hydrogens (tertiary/aromatic N) is 1. The fraction of sp³-hybridized carbons (Fsp3) is 0.250. The average Bonchev–Trinajstić information content (AvgIpc) is 3.02. The lowest BCUT2D eigenvalue weighted by molar-refractivity contribution is -0.126. The first-order valence-electron chi connectivity index (χ1n) is 8.52. The highest BCUT2D eigenvalue weighted by atomic mass is 16.2. The Balaban J connectivity index is 1.63. The lowest BCUT2D eigenvalue weighted by Crippen LogP contribution is -2.32. The fourth-order valence-electron chi connectivity index (χ4n) is 3.02. The van der Waals surface area contributed by atoms with Gasteiger partial charge in [0.1, 0.15) is 0 Å². The van der Waals surface area contributed by atoms with Crippen LogP contribution in [0.25, 0.3) is 0 Å². The van der Waals surface area contributed by atoms with Gasteiger partial charge in [-0.05, 0) is 23.8 Å². The van der Waals surface area contributed by atoms with Crippen LogP contribution in [0.3, 0.4) is 0 Å². The summed E-state index contributed by atoms with van der Waals surface area (Å²) in [6.07, 6.45) is 0.186. The van der Waals surface area contributed by atoms with Gasteiger partial charge in [0.05, 0.1) is 5.92 Å². The number of amides is 3. The summed E-state index contributed by atoms with van der Waals surface area (Å²) in [7, 11) is 0. The van der Waals surface area contributed by atoms with Gasteiger partial charge in [0.2, 0.25) is 17.7 Å². The second kappa shape index (κ2) is 7.82. The van der Waals surface area contributed by atoms with Gasteiger partial charge in [-0.3, -0.25) is 14.4 Å². The Kier molecular flexibility index (Phi) is 5.31. The van der Waals surface area contributed by atoms with Crippen LogP contribution in [0.4, 0.5) is 11.4 Å². The molecule has 1 atom stereocenters. The highest BCUT2D eigenvalue weighted by Gasteiger charge is 2.35. The van der Waals surface area contributed by atoms with Crippen molar-refractivity contribution in [3.05, 3.63) is 60.2 Å². The van der Waals surface area contributed by atoms with E-state index in [0.717, 1.165) is 5.56 Å². The first-order valence-corrected chi connectivity index (χ1v) is 8.52. The number of nitrogens with one attached hydrogen (secondary N) is 2. The van der Waals surface area contributed by atoms with Crippen molar-refractivity contribution in [2.45, 2.75) is 19.9 Å². The molecule has 134 valence electrons. The molecule has 1 fully saturated rings. The summed E-state index contributed by atoms with van der Waals surface area (Å²) >= 11 is 0. The molecule has 3 amide bonds. The van der Waals surface area contributed by atoms with Crippen LogP contribution in [0.2, 0.25) is 0 Å². The molecule has 0 bridgehead atoms. The molecular weight excluding hydrogens is 330 g/mol. The van der Waals surface area contributed by atoms with E-state index in [1.54, 1.807) is 29.2 Å². The van der Waals surface area contributed by atoms with E-state index in [1.165, 1.54) is 6.92 Å². The van der Waals surface area contributed by atoms with E-state index >= 15 is 0 Å². The van der Waals surface area contributed by atoms with Crippen molar-refractivity contribution in [3.8, 4) is 0 Å². The Morgan fingerprint density at radius 1 is 1.12 bits per heavy atom. The van der Waals surface area contributed by atoms with Crippen molar-refractivity contribution < 1.29 is 14.4 Å².